The lowest BCUT2D eigenvalue weighted by Crippen LogP contribution is -2.43. The molecule has 0 saturated carbocycles. The first kappa shape index (κ1) is 22.5. The Balaban J connectivity index is 1.60. The Morgan fingerprint density at radius 3 is 2.62 bits per heavy atom. The molecule has 5 rings (SSSR count). The van der Waals surface area contributed by atoms with E-state index in [1.807, 2.05) is 19.1 Å². The van der Waals surface area contributed by atoms with E-state index < -0.39 is 6.29 Å². The van der Waals surface area contributed by atoms with Crippen LogP contribution in [0.2, 0.25) is 5.02 Å². The second kappa shape index (κ2) is 9.19. The topological polar surface area (TPSA) is 118 Å². The van der Waals surface area contributed by atoms with E-state index in [-0.39, 0.29) is 18.1 Å². The maximum absolute atomic E-state index is 13.7. The first-order valence-electron chi connectivity index (χ1n) is 10.8. The molecule has 0 amide bonds. The number of benzene rings is 1. The molecule has 0 aliphatic carbocycles. The number of hydrogen-bond acceptors (Lipinski definition) is 8. The molecule has 1 aliphatic heterocycles. The first-order chi connectivity index (χ1) is 16.4. The molecule has 2 N–H and O–H groups in total. The van der Waals surface area contributed by atoms with Gasteiger partial charge in [0.25, 0.3) is 5.56 Å². The third-order valence-electron chi connectivity index (χ3n) is 5.58. The van der Waals surface area contributed by atoms with Gasteiger partial charge in [-0.2, -0.15) is 0 Å². The number of ether oxygens (including phenoxy) is 2. The molecule has 0 bridgehead atoms. The van der Waals surface area contributed by atoms with Gasteiger partial charge in [-0.3, -0.25) is 14.3 Å². The van der Waals surface area contributed by atoms with E-state index in [1.165, 1.54) is 0 Å². The summed E-state index contributed by atoms with van der Waals surface area (Å²) in [7, 11) is 0. The Labute approximate surface area is 200 Å². The van der Waals surface area contributed by atoms with Gasteiger partial charge in [0, 0.05) is 39.5 Å². The number of nitrogens with zero attached hydrogens (tertiary/aromatic N) is 5. The minimum atomic E-state index is -0.607. The molecule has 34 heavy (non-hydrogen) atoms. The lowest BCUT2D eigenvalue weighted by atomic mass is 10.0. The van der Waals surface area contributed by atoms with Crippen LogP contribution in [0.25, 0.3) is 33.4 Å². The zero-order chi connectivity index (χ0) is 23.8. The largest absolute Gasteiger partial charge is 0.349 e. The molecule has 3 aromatic heterocycles. The molecule has 0 radical (unpaired) electrons. The van der Waals surface area contributed by atoms with E-state index in [0.29, 0.717) is 51.9 Å². The number of rotatable bonds is 4. The van der Waals surface area contributed by atoms with Crippen molar-refractivity contribution in [3.63, 3.8) is 0 Å². The fraction of sp³-hybridized carbons (Fsp3) is 0.292. The minimum absolute atomic E-state index is 0.168. The highest BCUT2D eigenvalue weighted by molar-refractivity contribution is 6.33. The van der Waals surface area contributed by atoms with Crippen LogP contribution in [0.1, 0.15) is 11.5 Å². The minimum Gasteiger partial charge on any atom is -0.349 e. The summed E-state index contributed by atoms with van der Waals surface area (Å²) in [6.45, 7) is 4.54. The van der Waals surface area contributed by atoms with E-state index in [1.54, 1.807) is 42.2 Å². The van der Waals surface area contributed by atoms with Gasteiger partial charge in [0.15, 0.2) is 6.29 Å². The van der Waals surface area contributed by atoms with E-state index in [2.05, 4.69) is 19.9 Å². The molecule has 1 aliphatic rings. The Morgan fingerprint density at radius 2 is 1.88 bits per heavy atom. The lowest BCUT2D eigenvalue weighted by molar-refractivity contribution is -0.191. The summed E-state index contributed by atoms with van der Waals surface area (Å²) in [4.78, 5) is 31.2. The van der Waals surface area contributed by atoms with Crippen molar-refractivity contribution in [1.29, 1.82) is 0 Å². The van der Waals surface area contributed by atoms with E-state index in [9.17, 15) is 4.79 Å². The molecular weight excluding hydrogens is 456 g/mol. The Bertz CT molecular complexity index is 1430. The van der Waals surface area contributed by atoms with Crippen molar-refractivity contribution >= 4 is 22.6 Å². The summed E-state index contributed by atoms with van der Waals surface area (Å²) < 4.78 is 12.9. The van der Waals surface area contributed by atoms with Crippen LogP contribution < -0.4 is 11.3 Å². The summed E-state index contributed by atoms with van der Waals surface area (Å²) in [6, 6.07) is 7.06. The van der Waals surface area contributed by atoms with Crippen molar-refractivity contribution in [3.05, 3.63) is 69.8 Å². The number of fused-ring (bicyclic) bond motifs is 1. The number of aryl methyl sites for hydroxylation is 2. The fourth-order valence-electron chi connectivity index (χ4n) is 3.91. The van der Waals surface area contributed by atoms with Gasteiger partial charge in [0.1, 0.15) is 11.5 Å². The van der Waals surface area contributed by atoms with Crippen molar-refractivity contribution in [1.82, 2.24) is 24.5 Å². The molecule has 9 nitrogen and oxygen atoms in total. The molecule has 174 valence electrons. The molecule has 0 spiro atoms. The summed E-state index contributed by atoms with van der Waals surface area (Å²) in [5.41, 5.74) is 9.45. The second-order valence-electron chi connectivity index (χ2n) is 8.27. The first-order valence-corrected chi connectivity index (χ1v) is 11.2. The highest BCUT2D eigenvalue weighted by atomic mass is 35.5. The molecule has 1 saturated heterocycles. The van der Waals surface area contributed by atoms with Gasteiger partial charge in [0.2, 0.25) is 0 Å². The third-order valence-corrected chi connectivity index (χ3v) is 5.89. The van der Waals surface area contributed by atoms with Crippen LogP contribution in [0.4, 0.5) is 0 Å². The van der Waals surface area contributed by atoms with Crippen molar-refractivity contribution < 1.29 is 9.47 Å². The van der Waals surface area contributed by atoms with Crippen LogP contribution in [0.3, 0.4) is 0 Å². The molecule has 1 fully saturated rings. The average Bonchev–Trinajstić information content (AvgIpc) is 2.82. The number of hydrogen-bond donors (Lipinski definition) is 1. The van der Waals surface area contributed by atoms with Gasteiger partial charge in [0.05, 0.1) is 43.4 Å². The van der Waals surface area contributed by atoms with Gasteiger partial charge >= 0.3 is 0 Å². The van der Waals surface area contributed by atoms with Crippen LogP contribution in [0.15, 0.2) is 47.7 Å². The highest BCUT2D eigenvalue weighted by Crippen LogP contribution is 2.31. The summed E-state index contributed by atoms with van der Waals surface area (Å²) in [6.07, 6.45) is 4.45. The Morgan fingerprint density at radius 1 is 1.09 bits per heavy atom. The van der Waals surface area contributed by atoms with Gasteiger partial charge < -0.3 is 15.2 Å². The third kappa shape index (κ3) is 4.43. The van der Waals surface area contributed by atoms with Gasteiger partial charge in [-0.1, -0.05) is 23.7 Å². The van der Waals surface area contributed by atoms with E-state index in [0.717, 1.165) is 11.3 Å². The number of pyridine rings is 1. The number of aromatic nitrogens is 5. The van der Waals surface area contributed by atoms with E-state index >= 15 is 0 Å². The van der Waals surface area contributed by atoms with Gasteiger partial charge in [-0.25, -0.2) is 15.0 Å². The van der Waals surface area contributed by atoms with E-state index in [4.69, 9.17) is 26.8 Å². The standard InChI is InChI=1S/C24H23ClN6O3/c1-13-7-27-9-21(29-13)15-3-4-18(20(25)6-15)19-5-16-8-28-14(2)30-23(16)31(24(19)32)10-22-33-11-17(26)12-34-22/h3-9,17,22H,10-12,26H2,1-2H3. The normalized spacial score (nSPS) is 18.4. The van der Waals surface area contributed by atoms with Crippen LogP contribution >= 0.6 is 11.6 Å². The molecule has 0 unspecified atom stereocenters. The van der Waals surface area contributed by atoms with Crippen molar-refractivity contribution in [2.75, 3.05) is 13.2 Å². The second-order valence-corrected chi connectivity index (χ2v) is 8.67. The monoisotopic (exact) mass is 478 g/mol. The predicted octanol–water partition coefficient (Wildman–Crippen LogP) is 2.89. The summed E-state index contributed by atoms with van der Waals surface area (Å²) >= 11 is 6.67. The van der Waals surface area contributed by atoms with Crippen LogP contribution in [0, 0.1) is 13.8 Å². The molecule has 4 heterocycles. The Hall–Kier alpha value is -3.24. The number of halogens is 1. The van der Waals surface area contributed by atoms with Crippen LogP contribution in [-0.4, -0.2) is 50.0 Å². The molecule has 4 aromatic rings. The lowest BCUT2D eigenvalue weighted by Gasteiger charge is -2.28. The molecular formula is C24H23ClN6O3. The van der Waals surface area contributed by atoms with Crippen molar-refractivity contribution in [3.8, 4) is 22.4 Å². The summed E-state index contributed by atoms with van der Waals surface area (Å²) in [5.74, 6) is 0.558. The molecule has 0 atom stereocenters. The Kier molecular flexibility index (Phi) is 6.09. The zero-order valence-electron chi connectivity index (χ0n) is 18.7. The molecule has 1 aromatic carbocycles. The van der Waals surface area contributed by atoms with Crippen LogP contribution in [-0.2, 0) is 16.0 Å². The fourth-order valence-corrected chi connectivity index (χ4v) is 4.20. The maximum Gasteiger partial charge on any atom is 0.260 e. The average molecular weight is 479 g/mol. The SMILES string of the molecule is Cc1cncc(-c2ccc(-c3cc4cnc(C)nc4n(CC4OCC(N)CO4)c3=O)c(Cl)c2)n1. The van der Waals surface area contributed by atoms with Crippen molar-refractivity contribution in [2.45, 2.75) is 32.7 Å². The highest BCUT2D eigenvalue weighted by Gasteiger charge is 2.23. The maximum atomic E-state index is 13.7. The van der Waals surface area contributed by atoms with Gasteiger partial charge in [-0.05, 0) is 26.0 Å². The molecule has 10 heteroatoms. The number of nitrogens with two attached hydrogens (primary N) is 1. The van der Waals surface area contributed by atoms with Crippen LogP contribution in [0.5, 0.6) is 0 Å². The van der Waals surface area contributed by atoms with Gasteiger partial charge in [-0.15, -0.1) is 0 Å². The zero-order valence-corrected chi connectivity index (χ0v) is 19.5. The predicted molar refractivity (Wildman–Crippen MR) is 128 cm³/mol. The summed E-state index contributed by atoms with van der Waals surface area (Å²) in [5, 5.41) is 1.13. The smallest absolute Gasteiger partial charge is 0.260 e. The quantitative estimate of drug-likeness (QED) is 0.475. The van der Waals surface area contributed by atoms with Crippen molar-refractivity contribution in [2.24, 2.45) is 5.73 Å².